The molecule has 0 aromatic rings. The van der Waals surface area contributed by atoms with Gasteiger partial charge in [-0.05, 0) is 0 Å². The van der Waals surface area contributed by atoms with Crippen LogP contribution in [0.15, 0.2) is 0 Å². The molecule has 0 atom stereocenters. The Balaban J connectivity index is 2.68. The summed E-state index contributed by atoms with van der Waals surface area (Å²) < 4.78 is 0.661. The van der Waals surface area contributed by atoms with Crippen LogP contribution in [0, 0.1) is 0 Å². The average molecular weight is 200 g/mol. The predicted molar refractivity (Wildman–Crippen MR) is 48.8 cm³/mol. The lowest BCUT2D eigenvalue weighted by Crippen LogP contribution is -2.20. The molecule has 0 N–H and O–H groups in total. The first-order valence-corrected chi connectivity index (χ1v) is 3.62. The molecule has 0 fully saturated rings. The van der Waals surface area contributed by atoms with Gasteiger partial charge in [0.25, 0.3) is 0 Å². The highest BCUT2D eigenvalue weighted by Crippen LogP contribution is 1.87. The first-order chi connectivity index (χ1) is 3.27. The summed E-state index contributed by atoms with van der Waals surface area (Å²) in [4.78, 5) is 0. The highest BCUT2D eigenvalue weighted by molar-refractivity contribution is 14.1. The van der Waals surface area contributed by atoms with Crippen LogP contribution in [0.1, 0.15) is 0 Å². The zero-order valence-corrected chi connectivity index (χ0v) is 6.84. The third-order valence-electron chi connectivity index (χ3n) is 0.569. The van der Waals surface area contributed by atoms with Crippen molar-refractivity contribution in [3.8, 4) is 0 Å². The minimum Gasteiger partial charge on any atom is -0.162 e. The van der Waals surface area contributed by atoms with E-state index >= 15 is 0 Å². The summed E-state index contributed by atoms with van der Waals surface area (Å²) >= 11 is 2.36. The molecule has 0 aliphatic rings. The van der Waals surface area contributed by atoms with Crippen molar-refractivity contribution >= 4 is 48.1 Å². The van der Waals surface area contributed by atoms with Crippen LogP contribution in [0.25, 0.3) is 0 Å². The maximum absolute atomic E-state index is 2.36. The smallest absolute Gasteiger partial charge is 0.162 e. The Kier molecular flexibility index (Phi) is 5.86. The van der Waals surface area contributed by atoms with E-state index in [1.54, 1.807) is 0 Å². The van der Waals surface area contributed by atoms with Gasteiger partial charge in [0.15, 0.2) is 4.46 Å². The van der Waals surface area contributed by atoms with E-state index in [-0.39, 0.29) is 0 Å². The van der Waals surface area contributed by atoms with Crippen LogP contribution in [0.4, 0.5) is 0 Å². The molecule has 0 saturated heterocycles. The van der Waals surface area contributed by atoms with E-state index in [0.717, 1.165) is 0 Å². The minimum atomic E-state index is 0.661. The van der Waals surface area contributed by atoms with Gasteiger partial charge >= 0.3 is 0 Å². The van der Waals surface area contributed by atoms with Crippen molar-refractivity contribution < 1.29 is 0 Å². The Morgan fingerprint density at radius 1 is 1.57 bits per heavy atom. The Morgan fingerprint density at radius 3 is 2.29 bits per heavy atom. The molecule has 0 unspecified atom stereocenters. The fourth-order valence-electron chi connectivity index (χ4n) is 0.264. The molecule has 5 heteroatoms. The molecule has 33 valence electrons. The molecule has 3 radical (unpaired) electrons. The van der Waals surface area contributed by atoms with Crippen molar-refractivity contribution in [1.82, 2.24) is 0 Å². The molecule has 0 aromatic heterocycles. The normalized spacial score (nSPS) is 7.29. The van der Waals surface area contributed by atoms with Crippen molar-refractivity contribution in [3.05, 3.63) is 0 Å². The molecule has 0 heterocycles. The molecule has 0 aliphatic carbocycles. The van der Waals surface area contributed by atoms with E-state index in [0.29, 0.717) is 4.46 Å². The Morgan fingerprint density at radius 2 is 2.14 bits per heavy atom. The van der Waals surface area contributed by atoms with Crippen molar-refractivity contribution in [1.29, 1.82) is 0 Å². The third-order valence-corrected chi connectivity index (χ3v) is 0.984. The number of halogens is 1. The van der Waals surface area contributed by atoms with Gasteiger partial charge in [0.05, 0.1) is 7.17 Å². The summed E-state index contributed by atoms with van der Waals surface area (Å²) in [5.41, 5.74) is 0. The largest absolute Gasteiger partial charge is 0.164 e. The van der Waals surface area contributed by atoms with Crippen LogP contribution in [0.2, 0.25) is 13.6 Å². The van der Waals surface area contributed by atoms with Gasteiger partial charge in [-0.15, -0.1) is 6.82 Å². The van der Waals surface area contributed by atoms with E-state index < -0.39 is 0 Å². The minimum absolute atomic E-state index is 0.661. The van der Waals surface area contributed by atoms with Crippen molar-refractivity contribution in [2.75, 3.05) is 0 Å². The van der Waals surface area contributed by atoms with Crippen molar-refractivity contribution in [2.24, 2.45) is 0 Å². The molecule has 0 bridgehead atoms. The van der Waals surface area contributed by atoms with Crippen molar-refractivity contribution in [2.45, 2.75) is 13.6 Å². The fourth-order valence-corrected chi connectivity index (χ4v) is 0.504. The molecule has 7 heavy (non-hydrogen) atoms. The Labute approximate surface area is 61.8 Å². The molecule has 0 spiro atoms. The first kappa shape index (κ1) is 7.99. The molecule has 0 aromatic carbocycles. The van der Waals surface area contributed by atoms with E-state index in [1.807, 2.05) is 14.0 Å². The number of hydrogen-bond donors (Lipinski definition) is 0. The van der Waals surface area contributed by atoms with Gasteiger partial charge in [-0.2, -0.15) is 22.4 Å². The molecule has 0 nitrogen and oxygen atoms in total. The van der Waals surface area contributed by atoms with E-state index in [9.17, 15) is 0 Å². The second-order valence-corrected chi connectivity index (χ2v) is 3.36. The summed E-state index contributed by atoms with van der Waals surface area (Å²) in [5.74, 6) is 0. The maximum atomic E-state index is 2.36. The van der Waals surface area contributed by atoms with Crippen LogP contribution in [0.5, 0.6) is 0 Å². The molecule has 0 amide bonds. The van der Waals surface area contributed by atoms with E-state index in [4.69, 9.17) is 0 Å². The van der Waals surface area contributed by atoms with Crippen LogP contribution < -0.4 is 0 Å². The van der Waals surface area contributed by atoms with Crippen molar-refractivity contribution in [3.63, 3.8) is 0 Å². The zero-order valence-electron chi connectivity index (χ0n) is 4.69. The van der Waals surface area contributed by atoms with E-state index in [1.165, 1.54) is 0 Å². The summed E-state index contributed by atoms with van der Waals surface area (Å²) in [6, 6.07) is 0. The highest BCUT2D eigenvalue weighted by atomic mass is 127. The molecular weight excluding hydrogens is 194 g/mol. The van der Waals surface area contributed by atoms with E-state index in [2.05, 4.69) is 43.3 Å². The maximum Gasteiger partial charge on any atom is 0.164 e. The summed E-state index contributed by atoms with van der Waals surface area (Å²) in [5, 5.41) is 0. The third kappa shape index (κ3) is 6.99. The van der Waals surface area contributed by atoms with Crippen LogP contribution in [-0.4, -0.2) is 25.8 Å². The number of hydrogen-bond acceptors (Lipinski definition) is 0. The predicted octanol–water partition coefficient (Wildman–Crippen LogP) is 0.530. The molecule has 0 rings (SSSR count). The SMILES string of the molecule is C[B][B][B]B(C)I. The van der Waals surface area contributed by atoms with Crippen LogP contribution in [0.3, 0.4) is 0 Å². The van der Waals surface area contributed by atoms with Crippen LogP contribution in [-0.2, 0) is 0 Å². The number of rotatable bonds is 3. The average Bonchev–Trinajstić information content (AvgIpc) is 1.61. The molecular formula is C2H6B4I. The topological polar surface area (TPSA) is 0 Å². The quantitative estimate of drug-likeness (QED) is 0.460. The summed E-state index contributed by atoms with van der Waals surface area (Å²) in [7, 11) is 6.26. The lowest BCUT2D eigenvalue weighted by Gasteiger charge is -1.89. The molecule has 0 saturated carbocycles. The Bertz CT molecular complexity index is 38.7. The van der Waals surface area contributed by atoms with Crippen LogP contribution >= 0.6 is 22.4 Å². The van der Waals surface area contributed by atoms with Gasteiger partial charge in [0, 0.05) is 14.1 Å². The van der Waals surface area contributed by atoms with Gasteiger partial charge in [-0.3, -0.25) is 0 Å². The summed E-state index contributed by atoms with van der Waals surface area (Å²) in [6.07, 6.45) is 0. The van der Waals surface area contributed by atoms with Gasteiger partial charge in [0.1, 0.15) is 0 Å². The Hall–Kier alpha value is 0.990. The van der Waals surface area contributed by atoms with Gasteiger partial charge in [-0.1, -0.05) is 6.82 Å². The second kappa shape index (κ2) is 5.13. The zero-order chi connectivity index (χ0) is 5.70. The fraction of sp³-hybridized carbons (Fsp3) is 1.00. The van der Waals surface area contributed by atoms with Gasteiger partial charge in [-0.25, -0.2) is 0 Å². The first-order valence-electron chi connectivity index (χ1n) is 2.37. The monoisotopic (exact) mass is 201 g/mol. The highest BCUT2D eigenvalue weighted by Gasteiger charge is 1.98. The second-order valence-electron chi connectivity index (χ2n) is 1.40. The van der Waals surface area contributed by atoms with Gasteiger partial charge in [0.2, 0.25) is 0 Å². The lowest BCUT2D eigenvalue weighted by molar-refractivity contribution is 2.35. The standard InChI is InChI=1S/C2H6B4I/c1-3-4-5-6(2)7/h1-2H3. The summed E-state index contributed by atoms with van der Waals surface area (Å²) in [6.45, 7) is 4.18. The molecule has 0 aliphatic heterocycles. The lowest BCUT2D eigenvalue weighted by atomic mass is 9.09. The van der Waals surface area contributed by atoms with Gasteiger partial charge < -0.3 is 0 Å².